The summed E-state index contributed by atoms with van der Waals surface area (Å²) in [6.07, 6.45) is 0. The molecule has 0 aliphatic carbocycles. The predicted molar refractivity (Wildman–Crippen MR) is 92.3 cm³/mol. The van der Waals surface area contributed by atoms with Gasteiger partial charge < -0.3 is 4.74 Å². The Morgan fingerprint density at radius 1 is 1.00 bits per heavy atom. The fourth-order valence-corrected chi connectivity index (χ4v) is 3.78. The highest BCUT2D eigenvalue weighted by molar-refractivity contribution is 7.89. The highest BCUT2D eigenvalue weighted by atomic mass is 35.5. The van der Waals surface area contributed by atoms with Crippen molar-refractivity contribution in [2.45, 2.75) is 18.7 Å². The molecule has 0 N–H and O–H groups in total. The average molecular weight is 363 g/mol. The molecule has 5 nitrogen and oxygen atoms in total. The van der Waals surface area contributed by atoms with Crippen LogP contribution in [0.5, 0.6) is 11.5 Å². The van der Waals surface area contributed by atoms with Crippen molar-refractivity contribution in [3.05, 3.63) is 71.0 Å². The van der Waals surface area contributed by atoms with E-state index >= 15 is 0 Å². The Morgan fingerprint density at radius 3 is 2.25 bits per heavy atom. The third-order valence-corrected chi connectivity index (χ3v) is 5.42. The summed E-state index contributed by atoms with van der Waals surface area (Å²) in [4.78, 5) is 0.115. The molecular weight excluding hydrogens is 348 g/mol. The number of ether oxygens (including phenoxy) is 1. The zero-order valence-electron chi connectivity index (χ0n) is 13.1. The fourth-order valence-electron chi connectivity index (χ4n) is 2.30. The molecule has 1 aromatic heterocycles. The monoisotopic (exact) mass is 362 g/mol. The Kier molecular flexibility index (Phi) is 4.34. The first-order valence-electron chi connectivity index (χ1n) is 7.20. The number of halogens is 1. The Morgan fingerprint density at radius 2 is 1.62 bits per heavy atom. The fraction of sp³-hybridized carbons (Fsp3) is 0.118. The van der Waals surface area contributed by atoms with Crippen molar-refractivity contribution in [1.29, 1.82) is 0 Å². The molecule has 0 saturated carbocycles. The van der Waals surface area contributed by atoms with Crippen LogP contribution in [0.25, 0.3) is 0 Å². The average Bonchev–Trinajstić information content (AvgIpc) is 2.85. The summed E-state index contributed by atoms with van der Waals surface area (Å²) < 4.78 is 32.4. The van der Waals surface area contributed by atoms with E-state index in [0.29, 0.717) is 27.9 Å². The van der Waals surface area contributed by atoms with Gasteiger partial charge in [-0.15, -0.1) is 0 Å². The van der Waals surface area contributed by atoms with E-state index in [1.807, 2.05) is 18.2 Å². The Labute approximate surface area is 145 Å². The number of hydrogen-bond donors (Lipinski definition) is 0. The highest BCUT2D eigenvalue weighted by Gasteiger charge is 2.24. The van der Waals surface area contributed by atoms with Crippen molar-refractivity contribution in [3.8, 4) is 11.5 Å². The van der Waals surface area contributed by atoms with Gasteiger partial charge in [-0.1, -0.05) is 29.8 Å². The van der Waals surface area contributed by atoms with Crippen LogP contribution in [0, 0.1) is 13.8 Å². The van der Waals surface area contributed by atoms with Crippen molar-refractivity contribution in [2.75, 3.05) is 0 Å². The quantitative estimate of drug-likeness (QED) is 0.698. The third-order valence-electron chi connectivity index (χ3n) is 3.49. The van der Waals surface area contributed by atoms with Crippen molar-refractivity contribution in [3.63, 3.8) is 0 Å². The smallest absolute Gasteiger partial charge is 0.283 e. The van der Waals surface area contributed by atoms with Gasteiger partial charge in [-0.05, 0) is 50.2 Å². The van der Waals surface area contributed by atoms with Gasteiger partial charge in [0.2, 0.25) is 0 Å². The van der Waals surface area contributed by atoms with Gasteiger partial charge in [0.1, 0.15) is 11.4 Å². The summed E-state index contributed by atoms with van der Waals surface area (Å²) in [5.41, 5.74) is 0.903. The number of hydrogen-bond acceptors (Lipinski definition) is 4. The summed E-state index contributed by atoms with van der Waals surface area (Å²) >= 11 is 5.82. The number of para-hydroxylation sites is 1. The minimum Gasteiger partial charge on any atom is -0.453 e. The van der Waals surface area contributed by atoms with Crippen molar-refractivity contribution in [2.24, 2.45) is 0 Å². The number of aryl methyl sites for hydroxylation is 1. The number of nitrogens with zero attached hydrogens (tertiary/aromatic N) is 2. The van der Waals surface area contributed by atoms with E-state index in [0.717, 1.165) is 4.09 Å². The summed E-state index contributed by atoms with van der Waals surface area (Å²) in [6.45, 7) is 3.37. The van der Waals surface area contributed by atoms with E-state index in [4.69, 9.17) is 16.3 Å². The molecule has 0 amide bonds. The largest absolute Gasteiger partial charge is 0.453 e. The maximum atomic E-state index is 12.8. The number of aromatic nitrogens is 2. The molecular formula is C17H15ClN2O3S. The normalized spacial score (nSPS) is 11.5. The number of benzene rings is 2. The lowest BCUT2D eigenvalue weighted by atomic mass is 10.3. The van der Waals surface area contributed by atoms with E-state index in [1.54, 1.807) is 26.0 Å². The SMILES string of the molecule is Cc1nn(S(=O)(=O)c2ccc(Cl)cc2)c(C)c1Oc1ccccc1. The summed E-state index contributed by atoms with van der Waals surface area (Å²) in [5.74, 6) is 1.05. The molecule has 24 heavy (non-hydrogen) atoms. The van der Waals surface area contributed by atoms with Gasteiger partial charge in [-0.2, -0.15) is 17.6 Å². The molecule has 124 valence electrons. The zero-order chi connectivity index (χ0) is 17.3. The minimum absolute atomic E-state index is 0.115. The molecule has 3 rings (SSSR count). The molecule has 0 atom stereocenters. The van der Waals surface area contributed by atoms with Gasteiger partial charge in [0.05, 0.1) is 10.6 Å². The van der Waals surface area contributed by atoms with Gasteiger partial charge in [0.25, 0.3) is 10.0 Å². The summed E-state index contributed by atoms with van der Waals surface area (Å²) in [6, 6.07) is 15.1. The van der Waals surface area contributed by atoms with Crippen molar-refractivity contribution < 1.29 is 13.2 Å². The van der Waals surface area contributed by atoms with E-state index in [9.17, 15) is 8.42 Å². The number of rotatable bonds is 4. The second-order valence-corrected chi connectivity index (χ2v) is 7.42. The Balaban J connectivity index is 2.04. The lowest BCUT2D eigenvalue weighted by Gasteiger charge is -2.08. The van der Waals surface area contributed by atoms with Crippen LogP contribution in [-0.2, 0) is 10.0 Å². The van der Waals surface area contributed by atoms with Crippen molar-refractivity contribution in [1.82, 2.24) is 9.19 Å². The second kappa shape index (κ2) is 6.30. The van der Waals surface area contributed by atoms with Gasteiger partial charge in [0.15, 0.2) is 5.75 Å². The molecule has 2 aromatic carbocycles. The summed E-state index contributed by atoms with van der Waals surface area (Å²) in [5, 5.41) is 4.62. The molecule has 0 unspecified atom stereocenters. The first-order valence-corrected chi connectivity index (χ1v) is 9.01. The maximum absolute atomic E-state index is 12.8. The minimum atomic E-state index is -3.81. The lowest BCUT2D eigenvalue weighted by molar-refractivity contribution is 0.475. The van der Waals surface area contributed by atoms with Crippen LogP contribution in [0.15, 0.2) is 59.5 Å². The molecule has 0 bridgehead atoms. The van der Waals surface area contributed by atoms with Gasteiger partial charge in [0, 0.05) is 5.02 Å². The van der Waals surface area contributed by atoms with Crippen LogP contribution in [0.4, 0.5) is 0 Å². The molecule has 0 spiro atoms. The molecule has 0 saturated heterocycles. The van der Waals surface area contributed by atoms with Gasteiger partial charge in [-0.3, -0.25) is 0 Å². The first-order chi connectivity index (χ1) is 11.4. The molecule has 0 radical (unpaired) electrons. The van der Waals surface area contributed by atoms with Crippen LogP contribution >= 0.6 is 11.6 Å². The maximum Gasteiger partial charge on any atom is 0.283 e. The predicted octanol–water partition coefficient (Wildman–Crippen LogP) is 4.18. The lowest BCUT2D eigenvalue weighted by Crippen LogP contribution is -2.16. The van der Waals surface area contributed by atoms with Crippen LogP contribution in [-0.4, -0.2) is 17.6 Å². The highest BCUT2D eigenvalue weighted by Crippen LogP contribution is 2.30. The zero-order valence-corrected chi connectivity index (χ0v) is 14.7. The van der Waals surface area contributed by atoms with E-state index in [-0.39, 0.29) is 4.90 Å². The Hall–Kier alpha value is -2.31. The topological polar surface area (TPSA) is 61.2 Å². The van der Waals surface area contributed by atoms with Crippen LogP contribution < -0.4 is 4.74 Å². The van der Waals surface area contributed by atoms with E-state index < -0.39 is 10.0 Å². The van der Waals surface area contributed by atoms with E-state index in [2.05, 4.69) is 5.10 Å². The van der Waals surface area contributed by atoms with Crippen LogP contribution in [0.1, 0.15) is 11.4 Å². The first kappa shape index (κ1) is 16.5. The van der Waals surface area contributed by atoms with Gasteiger partial charge >= 0.3 is 0 Å². The molecule has 3 aromatic rings. The Bertz CT molecular complexity index is 965. The standard InChI is InChI=1S/C17H15ClN2O3S/c1-12-17(23-15-6-4-3-5-7-15)13(2)20(19-12)24(21,22)16-10-8-14(18)9-11-16/h3-11H,1-2H3. The molecule has 7 heteroatoms. The van der Waals surface area contributed by atoms with Crippen LogP contribution in [0.3, 0.4) is 0 Å². The van der Waals surface area contributed by atoms with Gasteiger partial charge in [-0.25, -0.2) is 0 Å². The summed E-state index contributed by atoms with van der Waals surface area (Å²) in [7, 11) is -3.81. The van der Waals surface area contributed by atoms with E-state index in [1.165, 1.54) is 24.3 Å². The molecule has 0 aliphatic heterocycles. The molecule has 1 heterocycles. The second-order valence-electron chi connectivity index (χ2n) is 5.22. The molecule has 0 fully saturated rings. The van der Waals surface area contributed by atoms with Crippen molar-refractivity contribution >= 4 is 21.6 Å². The van der Waals surface area contributed by atoms with Crippen LogP contribution in [0.2, 0.25) is 5.02 Å². The molecule has 0 aliphatic rings. The third kappa shape index (κ3) is 3.02.